The number of amides is 1. The monoisotopic (exact) mass is 404 g/mol. The number of nitrogens with zero attached hydrogens (tertiary/aromatic N) is 2. The highest BCUT2D eigenvalue weighted by atomic mass is 32.1. The molecule has 5 rings (SSSR count). The van der Waals surface area contributed by atoms with Gasteiger partial charge in [0.25, 0.3) is 12.3 Å². The number of rotatable bonds is 3. The van der Waals surface area contributed by atoms with Gasteiger partial charge in [-0.25, -0.2) is 8.78 Å². The summed E-state index contributed by atoms with van der Waals surface area (Å²) < 4.78 is 32.1. The number of hydrogen-bond donors (Lipinski definition) is 0. The molecule has 1 amide bonds. The van der Waals surface area contributed by atoms with Crippen LogP contribution in [0.2, 0.25) is 0 Å². The van der Waals surface area contributed by atoms with Crippen LogP contribution in [0.5, 0.6) is 0 Å². The van der Waals surface area contributed by atoms with Gasteiger partial charge in [0, 0.05) is 37.0 Å². The van der Waals surface area contributed by atoms with E-state index in [2.05, 4.69) is 17.0 Å². The first-order chi connectivity index (χ1) is 13.6. The molecule has 4 nitrogen and oxygen atoms in total. The first-order valence-corrected chi connectivity index (χ1v) is 10.6. The van der Waals surface area contributed by atoms with Crippen molar-refractivity contribution in [3.8, 4) is 0 Å². The van der Waals surface area contributed by atoms with E-state index in [0.29, 0.717) is 25.9 Å². The fourth-order valence-electron chi connectivity index (χ4n) is 4.80. The Bertz CT molecular complexity index is 864. The second kappa shape index (κ2) is 6.81. The van der Waals surface area contributed by atoms with Gasteiger partial charge in [-0.2, -0.15) is 0 Å². The molecular formula is C21H22F2N2O2S. The van der Waals surface area contributed by atoms with Crippen molar-refractivity contribution in [2.45, 2.75) is 50.0 Å². The summed E-state index contributed by atoms with van der Waals surface area (Å²) in [4.78, 5) is 17.5. The van der Waals surface area contributed by atoms with E-state index in [1.54, 1.807) is 11.4 Å². The lowest BCUT2D eigenvalue weighted by Gasteiger charge is -2.38. The van der Waals surface area contributed by atoms with Crippen LogP contribution in [0.1, 0.15) is 48.6 Å². The smallest absolute Gasteiger partial charge is 0.272 e. The molecule has 1 aromatic heterocycles. The minimum atomic E-state index is -2.43. The molecule has 0 aliphatic carbocycles. The molecule has 148 valence electrons. The van der Waals surface area contributed by atoms with E-state index in [1.165, 1.54) is 0 Å². The normalized spacial score (nSPS) is 26.5. The molecule has 3 fully saturated rings. The second-order valence-corrected chi connectivity index (χ2v) is 8.72. The molecule has 0 radical (unpaired) electrons. The average molecular weight is 404 g/mol. The fourth-order valence-corrected chi connectivity index (χ4v) is 5.56. The number of halogens is 2. The lowest BCUT2D eigenvalue weighted by Crippen LogP contribution is -2.50. The van der Waals surface area contributed by atoms with Crippen LogP contribution in [0.15, 0.2) is 41.8 Å². The summed E-state index contributed by atoms with van der Waals surface area (Å²) in [6, 6.07) is 11.8. The molecular weight excluding hydrogens is 382 g/mol. The quantitative estimate of drug-likeness (QED) is 0.741. The van der Waals surface area contributed by atoms with Crippen LogP contribution >= 0.6 is 11.3 Å². The van der Waals surface area contributed by atoms with Crippen molar-refractivity contribution in [1.82, 2.24) is 4.90 Å². The number of alkyl halides is 2. The van der Waals surface area contributed by atoms with E-state index in [9.17, 15) is 13.6 Å². The molecule has 7 heteroatoms. The zero-order valence-corrected chi connectivity index (χ0v) is 16.2. The van der Waals surface area contributed by atoms with Crippen molar-refractivity contribution in [2.24, 2.45) is 0 Å². The molecule has 2 atom stereocenters. The minimum Gasteiger partial charge on any atom is -0.371 e. The van der Waals surface area contributed by atoms with E-state index in [0.717, 1.165) is 35.4 Å². The predicted octanol–water partition coefficient (Wildman–Crippen LogP) is 4.74. The molecule has 3 aliphatic rings. The lowest BCUT2D eigenvalue weighted by atomic mass is 9.89. The zero-order valence-electron chi connectivity index (χ0n) is 15.4. The summed E-state index contributed by atoms with van der Waals surface area (Å²) in [7, 11) is 0. The van der Waals surface area contributed by atoms with Crippen LogP contribution in [-0.2, 0) is 9.53 Å². The maximum atomic E-state index is 13.4. The molecule has 3 aliphatic heterocycles. The Balaban J connectivity index is 1.31. The highest BCUT2D eigenvalue weighted by Gasteiger charge is 2.57. The summed E-state index contributed by atoms with van der Waals surface area (Å²) >= 11 is 1.09. The summed E-state index contributed by atoms with van der Waals surface area (Å²) in [6.45, 7) is 1.28. The Morgan fingerprint density at radius 1 is 1.14 bits per heavy atom. The van der Waals surface area contributed by atoms with Crippen molar-refractivity contribution in [1.29, 1.82) is 0 Å². The van der Waals surface area contributed by atoms with Gasteiger partial charge in [-0.05, 0) is 24.5 Å². The van der Waals surface area contributed by atoms with Crippen LogP contribution in [0, 0.1) is 0 Å². The SMILES string of the molecule is O=C1N2[C@@H](CC[C@H]2c2ccccc2)OC12CCN(c1csc(C(F)F)c1)CC2. The minimum absolute atomic E-state index is 0.0848. The summed E-state index contributed by atoms with van der Waals surface area (Å²) in [5.41, 5.74) is 1.23. The Morgan fingerprint density at radius 3 is 2.57 bits per heavy atom. The summed E-state index contributed by atoms with van der Waals surface area (Å²) in [5, 5.41) is 1.78. The molecule has 1 aromatic carbocycles. The van der Waals surface area contributed by atoms with E-state index in [-0.39, 0.29) is 23.1 Å². The molecule has 0 N–H and O–H groups in total. The number of piperidine rings is 1. The van der Waals surface area contributed by atoms with Crippen molar-refractivity contribution in [2.75, 3.05) is 18.0 Å². The summed E-state index contributed by atoms with van der Waals surface area (Å²) in [5.74, 6) is 0.0992. The predicted molar refractivity (Wildman–Crippen MR) is 104 cm³/mol. The van der Waals surface area contributed by atoms with Gasteiger partial charge in [0.05, 0.1) is 10.9 Å². The number of thiophene rings is 1. The van der Waals surface area contributed by atoms with Gasteiger partial charge >= 0.3 is 0 Å². The van der Waals surface area contributed by atoms with Crippen LogP contribution in [0.4, 0.5) is 14.5 Å². The molecule has 3 saturated heterocycles. The van der Waals surface area contributed by atoms with Gasteiger partial charge in [0.2, 0.25) is 0 Å². The first kappa shape index (κ1) is 18.1. The van der Waals surface area contributed by atoms with Crippen LogP contribution < -0.4 is 4.90 Å². The third-order valence-corrected chi connectivity index (χ3v) is 7.19. The number of anilines is 1. The highest BCUT2D eigenvalue weighted by molar-refractivity contribution is 7.10. The van der Waals surface area contributed by atoms with Crippen molar-refractivity contribution >= 4 is 22.9 Å². The maximum absolute atomic E-state index is 13.4. The molecule has 0 bridgehead atoms. The Kier molecular flexibility index (Phi) is 4.39. The maximum Gasteiger partial charge on any atom is 0.272 e. The molecule has 2 aromatic rings. The number of benzene rings is 1. The van der Waals surface area contributed by atoms with Crippen LogP contribution in [0.3, 0.4) is 0 Å². The number of carbonyl (C=O) groups excluding carboxylic acids is 1. The van der Waals surface area contributed by atoms with Crippen molar-refractivity contribution in [3.63, 3.8) is 0 Å². The van der Waals surface area contributed by atoms with Gasteiger partial charge in [-0.15, -0.1) is 11.3 Å². The molecule has 0 saturated carbocycles. The molecule has 1 spiro atoms. The van der Waals surface area contributed by atoms with E-state index in [4.69, 9.17) is 4.74 Å². The van der Waals surface area contributed by atoms with Gasteiger partial charge in [-0.3, -0.25) is 4.79 Å². The average Bonchev–Trinajstić information content (AvgIpc) is 3.41. The largest absolute Gasteiger partial charge is 0.371 e. The Hall–Kier alpha value is -1.99. The van der Waals surface area contributed by atoms with Gasteiger partial charge in [-0.1, -0.05) is 30.3 Å². The summed E-state index contributed by atoms with van der Waals surface area (Å²) in [6.07, 6.45) is 0.403. The van der Waals surface area contributed by atoms with Gasteiger partial charge in [0.15, 0.2) is 5.60 Å². The highest BCUT2D eigenvalue weighted by Crippen LogP contribution is 2.48. The van der Waals surface area contributed by atoms with Gasteiger partial charge < -0.3 is 14.5 Å². The molecule has 28 heavy (non-hydrogen) atoms. The number of carbonyl (C=O) groups is 1. The lowest BCUT2D eigenvalue weighted by molar-refractivity contribution is -0.140. The third kappa shape index (κ3) is 2.83. The molecule has 4 heterocycles. The molecule has 0 unspecified atom stereocenters. The first-order valence-electron chi connectivity index (χ1n) is 9.74. The van der Waals surface area contributed by atoms with Crippen molar-refractivity contribution < 1.29 is 18.3 Å². The van der Waals surface area contributed by atoms with E-state index >= 15 is 0 Å². The standard InChI is InChI=1S/C21H22F2N2O2S/c22-19(23)17-12-15(13-28-17)24-10-8-21(9-11-24)20(26)25-16(6-7-18(25)27-21)14-4-2-1-3-5-14/h1-5,12-13,16,18-19H,6-11H2/t16-,18+/m0/s1. The fraction of sp³-hybridized carbons (Fsp3) is 0.476. The van der Waals surface area contributed by atoms with Crippen LogP contribution in [0.25, 0.3) is 0 Å². The third-order valence-electron chi connectivity index (χ3n) is 6.26. The number of fused-ring (bicyclic) bond motifs is 1. The number of ether oxygens (including phenoxy) is 1. The van der Waals surface area contributed by atoms with E-state index in [1.807, 2.05) is 23.1 Å². The van der Waals surface area contributed by atoms with E-state index < -0.39 is 12.0 Å². The Labute approximate surface area is 166 Å². The van der Waals surface area contributed by atoms with Crippen molar-refractivity contribution in [3.05, 3.63) is 52.2 Å². The topological polar surface area (TPSA) is 32.8 Å². The zero-order chi connectivity index (χ0) is 19.3. The van der Waals surface area contributed by atoms with Gasteiger partial charge in [0.1, 0.15) is 6.23 Å². The van der Waals surface area contributed by atoms with Crippen LogP contribution in [-0.4, -0.2) is 35.7 Å². The number of hydrogen-bond acceptors (Lipinski definition) is 4. The second-order valence-electron chi connectivity index (χ2n) is 7.78. The Morgan fingerprint density at radius 2 is 1.89 bits per heavy atom.